The predicted molar refractivity (Wildman–Crippen MR) is 248 cm³/mol. The third-order valence-corrected chi connectivity index (χ3v) is 14.2. The quantitative estimate of drug-likeness (QED) is 0.137. The lowest BCUT2D eigenvalue weighted by Crippen LogP contribution is -2.26. The van der Waals surface area contributed by atoms with Gasteiger partial charge in [0.25, 0.3) is 0 Å². The second kappa shape index (κ2) is 15.0. The van der Waals surface area contributed by atoms with Crippen LogP contribution in [0.25, 0.3) is 32.3 Å². The molecular weight excluding hydrogens is 724 g/mol. The molecule has 58 heavy (non-hydrogen) atoms. The standard InChI is InChI=1S/C54H39N2OP/c57-58(54-31-15-21-42-18-9-12-28-51(42)54,47-36-32-45(33-37-47)55(43-22-3-1-4-23-43)52-29-13-19-40-16-7-10-26-49(40)52)48-38-34-46(35-39-48)56(44-24-5-2-6-25-44)53-30-14-20-41-17-8-11-27-50(41)53/h1-39H. The minimum Gasteiger partial charge on any atom is -0.310 e. The van der Waals surface area contributed by atoms with Gasteiger partial charge in [0.05, 0.1) is 11.4 Å². The molecule has 10 aromatic carbocycles. The van der Waals surface area contributed by atoms with Gasteiger partial charge in [0.15, 0.2) is 7.14 Å². The van der Waals surface area contributed by atoms with Crippen molar-refractivity contribution in [2.24, 2.45) is 0 Å². The van der Waals surface area contributed by atoms with Crippen molar-refractivity contribution < 1.29 is 4.57 Å². The monoisotopic (exact) mass is 762 g/mol. The number of rotatable bonds is 9. The zero-order valence-corrected chi connectivity index (χ0v) is 32.7. The Labute approximate surface area is 339 Å². The van der Waals surface area contributed by atoms with Crippen molar-refractivity contribution in [3.05, 3.63) is 237 Å². The lowest BCUT2D eigenvalue weighted by atomic mass is 10.1. The summed E-state index contributed by atoms with van der Waals surface area (Å²) >= 11 is 0. The summed E-state index contributed by atoms with van der Waals surface area (Å²) in [7, 11) is -3.43. The minimum atomic E-state index is -3.43. The van der Waals surface area contributed by atoms with Gasteiger partial charge in [-0.15, -0.1) is 0 Å². The van der Waals surface area contributed by atoms with E-state index in [4.69, 9.17) is 0 Å². The van der Waals surface area contributed by atoms with Crippen LogP contribution in [0.2, 0.25) is 0 Å². The fourth-order valence-electron chi connectivity index (χ4n) is 8.35. The molecule has 0 aliphatic rings. The highest BCUT2D eigenvalue weighted by molar-refractivity contribution is 7.85. The average molecular weight is 763 g/mol. The van der Waals surface area contributed by atoms with Gasteiger partial charge in [-0.1, -0.05) is 152 Å². The summed E-state index contributed by atoms with van der Waals surface area (Å²) in [6, 6.07) is 81.9. The molecule has 0 fully saturated rings. The van der Waals surface area contributed by atoms with E-state index in [-0.39, 0.29) is 0 Å². The van der Waals surface area contributed by atoms with Gasteiger partial charge in [0.2, 0.25) is 0 Å². The van der Waals surface area contributed by atoms with E-state index in [2.05, 4.69) is 210 Å². The number of nitrogens with zero attached hydrogens (tertiary/aromatic N) is 2. The van der Waals surface area contributed by atoms with Crippen LogP contribution in [0, 0.1) is 0 Å². The van der Waals surface area contributed by atoms with Gasteiger partial charge in [-0.2, -0.15) is 0 Å². The molecule has 0 atom stereocenters. The van der Waals surface area contributed by atoms with Crippen LogP contribution < -0.4 is 25.7 Å². The largest absolute Gasteiger partial charge is 0.310 e. The molecule has 0 N–H and O–H groups in total. The zero-order chi connectivity index (χ0) is 38.9. The van der Waals surface area contributed by atoms with Crippen LogP contribution in [0.4, 0.5) is 34.1 Å². The second-order valence-corrected chi connectivity index (χ2v) is 17.2. The molecule has 276 valence electrons. The van der Waals surface area contributed by atoms with Crippen molar-refractivity contribution in [2.75, 3.05) is 9.80 Å². The Kier molecular flexibility index (Phi) is 9.14. The molecule has 0 saturated heterocycles. The first kappa shape index (κ1) is 35.2. The maximum absolute atomic E-state index is 16.4. The Hall–Kier alpha value is -7.19. The second-order valence-electron chi connectivity index (χ2n) is 14.5. The lowest BCUT2D eigenvalue weighted by Gasteiger charge is -2.28. The van der Waals surface area contributed by atoms with Crippen LogP contribution >= 0.6 is 7.14 Å². The molecule has 4 heteroatoms. The van der Waals surface area contributed by atoms with E-state index in [1.807, 2.05) is 36.4 Å². The highest BCUT2D eigenvalue weighted by Gasteiger charge is 2.32. The Morgan fingerprint density at radius 2 is 0.603 bits per heavy atom. The molecule has 0 spiro atoms. The Bertz CT molecular complexity index is 2910. The first-order valence-electron chi connectivity index (χ1n) is 19.6. The van der Waals surface area contributed by atoms with E-state index in [0.29, 0.717) is 0 Å². The molecule has 10 aromatic rings. The molecule has 0 heterocycles. The highest BCUT2D eigenvalue weighted by Crippen LogP contribution is 2.47. The van der Waals surface area contributed by atoms with Gasteiger partial charge in [-0.3, -0.25) is 0 Å². The Morgan fingerprint density at radius 1 is 0.276 bits per heavy atom. The molecule has 0 unspecified atom stereocenters. The Balaban J connectivity index is 1.13. The third kappa shape index (κ3) is 6.23. The van der Waals surface area contributed by atoms with Gasteiger partial charge in [-0.05, 0) is 106 Å². The van der Waals surface area contributed by atoms with Crippen molar-refractivity contribution in [1.29, 1.82) is 0 Å². The lowest BCUT2D eigenvalue weighted by molar-refractivity contribution is 0.592. The van der Waals surface area contributed by atoms with E-state index in [0.717, 1.165) is 71.6 Å². The number of anilines is 6. The number of hydrogen-bond acceptors (Lipinski definition) is 3. The highest BCUT2D eigenvalue weighted by atomic mass is 31.2. The molecule has 0 amide bonds. The summed E-state index contributed by atoms with van der Waals surface area (Å²) in [5.41, 5.74) is 6.24. The first-order valence-corrected chi connectivity index (χ1v) is 21.3. The molecule has 0 saturated carbocycles. The average Bonchev–Trinajstić information content (AvgIpc) is 3.30. The van der Waals surface area contributed by atoms with Crippen molar-refractivity contribution in [2.45, 2.75) is 0 Å². The van der Waals surface area contributed by atoms with Crippen LogP contribution in [0.5, 0.6) is 0 Å². The van der Waals surface area contributed by atoms with Crippen molar-refractivity contribution in [3.63, 3.8) is 0 Å². The summed E-state index contributed by atoms with van der Waals surface area (Å²) in [4.78, 5) is 4.57. The van der Waals surface area contributed by atoms with Crippen molar-refractivity contribution in [3.8, 4) is 0 Å². The smallest absolute Gasteiger partial charge is 0.171 e. The van der Waals surface area contributed by atoms with E-state index >= 15 is 4.57 Å². The van der Waals surface area contributed by atoms with Gasteiger partial charge >= 0.3 is 0 Å². The van der Waals surface area contributed by atoms with Crippen LogP contribution in [0.15, 0.2) is 237 Å². The number of benzene rings is 10. The van der Waals surface area contributed by atoms with Crippen LogP contribution in [0.3, 0.4) is 0 Å². The fourth-order valence-corrected chi connectivity index (χ4v) is 11.2. The van der Waals surface area contributed by atoms with E-state index in [1.165, 1.54) is 10.8 Å². The number of para-hydroxylation sites is 2. The number of fused-ring (bicyclic) bond motifs is 3. The van der Waals surface area contributed by atoms with Crippen molar-refractivity contribution in [1.82, 2.24) is 0 Å². The Morgan fingerprint density at radius 3 is 1.05 bits per heavy atom. The van der Waals surface area contributed by atoms with Gasteiger partial charge in [-0.25, -0.2) is 0 Å². The van der Waals surface area contributed by atoms with E-state index < -0.39 is 7.14 Å². The summed E-state index contributed by atoms with van der Waals surface area (Å²) in [6.45, 7) is 0. The molecular formula is C54H39N2OP. The van der Waals surface area contributed by atoms with Gasteiger partial charge < -0.3 is 14.4 Å². The number of hydrogen-bond donors (Lipinski definition) is 0. The minimum absolute atomic E-state index is 0.778. The molecule has 0 aliphatic carbocycles. The molecule has 10 rings (SSSR count). The molecule has 0 aliphatic heterocycles. The summed E-state index contributed by atoms with van der Waals surface area (Å²) in [6.07, 6.45) is 0. The molecule has 0 radical (unpaired) electrons. The zero-order valence-electron chi connectivity index (χ0n) is 31.8. The summed E-state index contributed by atoms with van der Waals surface area (Å²) in [5.74, 6) is 0. The van der Waals surface area contributed by atoms with Crippen LogP contribution in [-0.2, 0) is 4.57 Å². The summed E-state index contributed by atoms with van der Waals surface area (Å²) in [5, 5.41) is 9.10. The van der Waals surface area contributed by atoms with Gasteiger partial charge in [0.1, 0.15) is 0 Å². The normalized spacial score (nSPS) is 11.5. The first-order chi connectivity index (χ1) is 28.7. The van der Waals surface area contributed by atoms with Gasteiger partial charge in [0, 0.05) is 49.4 Å². The van der Waals surface area contributed by atoms with Crippen LogP contribution in [0.1, 0.15) is 0 Å². The summed E-state index contributed by atoms with van der Waals surface area (Å²) < 4.78 is 16.4. The molecule has 0 bridgehead atoms. The van der Waals surface area contributed by atoms with Crippen molar-refractivity contribution >= 4 is 89.5 Å². The van der Waals surface area contributed by atoms with E-state index in [1.54, 1.807) is 0 Å². The predicted octanol–water partition coefficient (Wildman–Crippen LogP) is 13.7. The maximum Gasteiger partial charge on any atom is 0.171 e. The fraction of sp³-hybridized carbons (Fsp3) is 0. The SMILES string of the molecule is O=P(c1ccc(N(c2ccccc2)c2cccc3ccccc23)cc1)(c1ccc(N(c2ccccc2)c2cccc3ccccc23)cc1)c1cccc2ccccc12. The molecule has 0 aromatic heterocycles. The topological polar surface area (TPSA) is 23.6 Å². The van der Waals surface area contributed by atoms with E-state index in [9.17, 15) is 0 Å². The maximum atomic E-state index is 16.4. The molecule has 3 nitrogen and oxygen atoms in total. The third-order valence-electron chi connectivity index (χ3n) is 11.1. The van der Waals surface area contributed by atoms with Crippen LogP contribution in [-0.4, -0.2) is 0 Å².